The Balaban J connectivity index is 2.23. The van der Waals surface area contributed by atoms with E-state index in [0.717, 1.165) is 25.9 Å². The van der Waals surface area contributed by atoms with Crippen molar-refractivity contribution in [1.29, 1.82) is 0 Å². The van der Waals surface area contributed by atoms with Gasteiger partial charge in [0.15, 0.2) is 6.29 Å². The highest BCUT2D eigenvalue weighted by molar-refractivity contribution is 14.2. The average molecular weight is 743 g/mol. The van der Waals surface area contributed by atoms with E-state index in [1.165, 1.54) is 164 Å². The summed E-state index contributed by atoms with van der Waals surface area (Å²) in [6, 6.07) is 2.47. The quantitative estimate of drug-likeness (QED) is 0.0248. The Morgan fingerprint density at radius 3 is 1.59 bits per heavy atom. The Hall–Kier alpha value is 0.0400. The van der Waals surface area contributed by atoms with Gasteiger partial charge in [0.1, 0.15) is 0 Å². The van der Waals surface area contributed by atoms with Crippen molar-refractivity contribution in [3.63, 3.8) is 0 Å². The van der Waals surface area contributed by atoms with Crippen LogP contribution in [0.1, 0.15) is 184 Å². The lowest BCUT2D eigenvalue weighted by Crippen LogP contribution is -2.19. The molecule has 0 aliphatic rings. The van der Waals surface area contributed by atoms with Gasteiger partial charge in [0.05, 0.1) is 0 Å². The molecule has 44 heavy (non-hydrogen) atoms. The predicted molar refractivity (Wildman–Crippen MR) is 209 cm³/mol. The Kier molecular flexibility index (Phi) is 29.0. The van der Waals surface area contributed by atoms with Crippen molar-refractivity contribution >= 4 is 33.6 Å². The molecule has 1 rings (SSSR count). The van der Waals surface area contributed by atoms with E-state index in [-0.39, 0.29) is 6.29 Å². The van der Waals surface area contributed by atoms with E-state index in [4.69, 9.17) is 9.47 Å². The zero-order chi connectivity index (χ0) is 32.1. The standard InChI is InChI=1S/C40H72IO2P/c1-6-8-10-12-14-20-24-28-32-42-40(43-33-29-25-21-15-13-11-9-7-2)31-27-23-19-17-16-18-22-26-30-38-34-39(44-41)37(5)35(3)36(38)4/h16,18,34,40,44H,6-15,17,19-33H2,1-5H3/b18-16-. The molecule has 0 amide bonds. The van der Waals surface area contributed by atoms with Crippen LogP contribution in [0.25, 0.3) is 0 Å². The van der Waals surface area contributed by atoms with E-state index in [0.29, 0.717) is 0 Å². The van der Waals surface area contributed by atoms with Crippen LogP contribution in [0.4, 0.5) is 0 Å². The van der Waals surface area contributed by atoms with Crippen LogP contribution in [-0.4, -0.2) is 19.5 Å². The van der Waals surface area contributed by atoms with Crippen LogP contribution < -0.4 is 5.30 Å². The first-order valence-electron chi connectivity index (χ1n) is 18.9. The molecule has 2 nitrogen and oxygen atoms in total. The Labute approximate surface area is 290 Å². The summed E-state index contributed by atoms with van der Waals surface area (Å²) >= 11 is 2.53. The van der Waals surface area contributed by atoms with E-state index in [1.807, 2.05) is 0 Å². The molecular weight excluding hydrogens is 670 g/mol. The van der Waals surface area contributed by atoms with Gasteiger partial charge in [-0.25, -0.2) is 0 Å². The fourth-order valence-electron chi connectivity index (χ4n) is 5.98. The predicted octanol–water partition coefficient (Wildman–Crippen LogP) is 13.7. The second-order valence-corrected chi connectivity index (χ2v) is 15.5. The largest absolute Gasteiger partial charge is 0.353 e. The number of hydrogen-bond donors (Lipinski definition) is 0. The number of aryl methyl sites for hydroxylation is 1. The third-order valence-corrected chi connectivity index (χ3v) is 11.8. The highest BCUT2D eigenvalue weighted by Gasteiger charge is 2.10. The van der Waals surface area contributed by atoms with Crippen LogP contribution >= 0.6 is 28.3 Å². The molecule has 0 radical (unpaired) electrons. The number of rotatable bonds is 31. The Morgan fingerprint density at radius 2 is 1.07 bits per heavy atom. The summed E-state index contributed by atoms with van der Waals surface area (Å²) in [6.07, 6.45) is 36.8. The minimum atomic E-state index is 0.00164. The van der Waals surface area contributed by atoms with Gasteiger partial charge in [-0.1, -0.05) is 150 Å². The molecule has 1 aromatic carbocycles. The SMILES string of the molecule is CCCCCCCCCCOC(CCCCC/C=C\CCCc1cc(PI)c(C)c(C)c1C)OCCCCCCCCCC. The molecule has 1 aromatic rings. The van der Waals surface area contributed by atoms with E-state index < -0.39 is 0 Å². The monoisotopic (exact) mass is 742 g/mol. The van der Waals surface area contributed by atoms with E-state index in [9.17, 15) is 0 Å². The number of halogens is 1. The van der Waals surface area contributed by atoms with Gasteiger partial charge in [-0.3, -0.25) is 0 Å². The smallest absolute Gasteiger partial charge is 0.157 e. The van der Waals surface area contributed by atoms with Crippen molar-refractivity contribution in [2.45, 2.75) is 195 Å². The molecule has 0 bridgehead atoms. The lowest BCUT2D eigenvalue weighted by atomic mass is 9.95. The average Bonchev–Trinajstić information content (AvgIpc) is 3.03. The minimum absolute atomic E-state index is 0.00164. The number of unbranched alkanes of at least 4 members (excludes halogenated alkanes) is 18. The number of hydrogen-bond acceptors (Lipinski definition) is 2. The molecule has 0 aliphatic carbocycles. The van der Waals surface area contributed by atoms with Crippen molar-refractivity contribution in [2.24, 2.45) is 0 Å². The summed E-state index contributed by atoms with van der Waals surface area (Å²) in [5.74, 6) is 0. The molecule has 0 aromatic heterocycles. The van der Waals surface area contributed by atoms with Gasteiger partial charge in [0, 0.05) is 13.2 Å². The number of ether oxygens (including phenoxy) is 2. The molecule has 0 spiro atoms. The first kappa shape index (κ1) is 42.1. The third kappa shape index (κ3) is 21.8. The van der Waals surface area contributed by atoms with Crippen LogP contribution in [0, 0.1) is 20.8 Å². The van der Waals surface area contributed by atoms with Crippen LogP contribution in [0.2, 0.25) is 0 Å². The van der Waals surface area contributed by atoms with Gasteiger partial charge in [-0.15, -0.1) is 0 Å². The van der Waals surface area contributed by atoms with E-state index in [2.05, 4.69) is 74.9 Å². The van der Waals surface area contributed by atoms with Gasteiger partial charge in [-0.05, 0) is 112 Å². The van der Waals surface area contributed by atoms with E-state index in [1.54, 1.807) is 10.9 Å². The summed E-state index contributed by atoms with van der Waals surface area (Å²) < 4.78 is 12.5. The summed E-state index contributed by atoms with van der Waals surface area (Å²) in [5, 5.41) is 1.54. The van der Waals surface area contributed by atoms with Crippen molar-refractivity contribution in [2.75, 3.05) is 13.2 Å². The van der Waals surface area contributed by atoms with E-state index >= 15 is 0 Å². The Bertz CT molecular complexity index is 802. The highest BCUT2D eigenvalue weighted by atomic mass is 127. The highest BCUT2D eigenvalue weighted by Crippen LogP contribution is 2.27. The summed E-state index contributed by atoms with van der Waals surface area (Å²) in [6.45, 7) is 13.2. The normalized spacial score (nSPS) is 12.2. The maximum absolute atomic E-state index is 6.27. The Morgan fingerprint density at radius 1 is 0.591 bits per heavy atom. The zero-order valence-electron chi connectivity index (χ0n) is 29.9. The molecule has 1 atom stereocenters. The molecule has 0 aliphatic heterocycles. The lowest BCUT2D eigenvalue weighted by Gasteiger charge is -2.19. The molecule has 0 saturated carbocycles. The van der Waals surface area contributed by atoms with Crippen molar-refractivity contribution in [3.8, 4) is 0 Å². The van der Waals surface area contributed by atoms with Gasteiger partial charge in [-0.2, -0.15) is 0 Å². The molecule has 0 N–H and O–H groups in total. The minimum Gasteiger partial charge on any atom is -0.353 e. The van der Waals surface area contributed by atoms with Crippen LogP contribution in [-0.2, 0) is 15.9 Å². The topological polar surface area (TPSA) is 18.5 Å². The van der Waals surface area contributed by atoms with Crippen LogP contribution in [0.3, 0.4) is 0 Å². The second kappa shape index (κ2) is 30.4. The van der Waals surface area contributed by atoms with Gasteiger partial charge in [0.25, 0.3) is 0 Å². The number of allylic oxidation sites excluding steroid dienone is 2. The third-order valence-electron chi connectivity index (χ3n) is 9.33. The summed E-state index contributed by atoms with van der Waals surface area (Å²) in [5.41, 5.74) is 6.06. The maximum atomic E-state index is 6.27. The van der Waals surface area contributed by atoms with Crippen molar-refractivity contribution in [3.05, 3.63) is 40.5 Å². The van der Waals surface area contributed by atoms with Crippen molar-refractivity contribution < 1.29 is 9.47 Å². The maximum Gasteiger partial charge on any atom is 0.157 e. The number of benzene rings is 1. The first-order chi connectivity index (χ1) is 21.5. The van der Waals surface area contributed by atoms with Gasteiger partial charge < -0.3 is 9.47 Å². The molecule has 0 fully saturated rings. The lowest BCUT2D eigenvalue weighted by molar-refractivity contribution is -0.148. The van der Waals surface area contributed by atoms with Crippen molar-refractivity contribution in [1.82, 2.24) is 0 Å². The fourth-order valence-corrected chi connectivity index (χ4v) is 8.22. The molecule has 1 unspecified atom stereocenters. The van der Waals surface area contributed by atoms with Gasteiger partial charge in [0.2, 0.25) is 0 Å². The summed E-state index contributed by atoms with van der Waals surface area (Å²) in [7, 11) is 0. The molecule has 256 valence electrons. The van der Waals surface area contributed by atoms with Crippen LogP contribution in [0.15, 0.2) is 18.2 Å². The summed E-state index contributed by atoms with van der Waals surface area (Å²) in [4.78, 5) is 0. The molecule has 0 heterocycles. The molecular formula is C40H72IO2P. The fraction of sp³-hybridized carbons (Fsp3) is 0.800. The second-order valence-electron chi connectivity index (χ2n) is 13.2. The zero-order valence-corrected chi connectivity index (χ0v) is 33.0. The first-order valence-corrected chi connectivity index (χ1v) is 23.0. The molecule has 4 heteroatoms. The molecule has 0 saturated heterocycles. The van der Waals surface area contributed by atoms with Gasteiger partial charge >= 0.3 is 0 Å². The van der Waals surface area contributed by atoms with Crippen LogP contribution in [0.5, 0.6) is 0 Å².